The van der Waals surface area contributed by atoms with Crippen LogP contribution in [-0.4, -0.2) is 9.97 Å². The van der Waals surface area contributed by atoms with E-state index in [1.165, 1.54) is 10.4 Å². The Morgan fingerprint density at radius 2 is 2.30 bits per heavy atom. The molecular formula is C7H8N2S. The fourth-order valence-corrected chi connectivity index (χ4v) is 1.89. The van der Waals surface area contributed by atoms with Gasteiger partial charge in [-0.1, -0.05) is 0 Å². The van der Waals surface area contributed by atoms with Crippen LogP contribution in [-0.2, 0) is 0 Å². The molecule has 0 amide bonds. The zero-order valence-corrected chi connectivity index (χ0v) is 6.75. The Balaban J connectivity index is 2.90. The first-order valence-corrected chi connectivity index (χ1v) is 4.00. The summed E-state index contributed by atoms with van der Waals surface area (Å²) in [5.74, 6) is 0. The van der Waals surface area contributed by atoms with Crippen molar-refractivity contribution in [2.75, 3.05) is 0 Å². The first-order valence-electron chi connectivity index (χ1n) is 3.18. The Morgan fingerprint density at radius 1 is 1.50 bits per heavy atom. The highest BCUT2D eigenvalue weighted by atomic mass is 32.1. The standard InChI is InChI=1S/C7H8N2S/c1-4-3-8-7-6(4)9-5(2)10-7/h3,8H,1-2H3. The first kappa shape index (κ1) is 5.92. The molecule has 0 radical (unpaired) electrons. The molecule has 3 heteroatoms. The SMILES string of the molecule is Cc1nc2c(C)c[nH]c2s1. The van der Waals surface area contributed by atoms with Crippen molar-refractivity contribution in [1.29, 1.82) is 0 Å². The number of aromatic amines is 1. The Hall–Kier alpha value is -0.830. The summed E-state index contributed by atoms with van der Waals surface area (Å²) in [5, 5.41) is 1.13. The van der Waals surface area contributed by atoms with Crippen LogP contribution in [0.25, 0.3) is 10.3 Å². The summed E-state index contributed by atoms with van der Waals surface area (Å²) in [6, 6.07) is 0. The Morgan fingerprint density at radius 3 is 3.00 bits per heavy atom. The van der Waals surface area contributed by atoms with Gasteiger partial charge in [-0.05, 0) is 19.4 Å². The van der Waals surface area contributed by atoms with E-state index in [4.69, 9.17) is 0 Å². The molecule has 0 aliphatic carbocycles. The number of hydrogen-bond donors (Lipinski definition) is 1. The van der Waals surface area contributed by atoms with Crippen LogP contribution in [0.3, 0.4) is 0 Å². The van der Waals surface area contributed by atoms with Crippen LogP contribution >= 0.6 is 11.3 Å². The lowest BCUT2D eigenvalue weighted by atomic mass is 10.4. The topological polar surface area (TPSA) is 28.7 Å². The predicted molar refractivity (Wildman–Crippen MR) is 43.4 cm³/mol. The lowest BCUT2D eigenvalue weighted by Crippen LogP contribution is -1.67. The number of nitrogens with one attached hydrogen (secondary N) is 1. The lowest BCUT2D eigenvalue weighted by Gasteiger charge is -1.76. The van der Waals surface area contributed by atoms with Gasteiger partial charge in [0.25, 0.3) is 0 Å². The molecule has 2 aromatic heterocycles. The van der Waals surface area contributed by atoms with Gasteiger partial charge in [0.05, 0.1) is 5.01 Å². The van der Waals surface area contributed by atoms with E-state index >= 15 is 0 Å². The average molecular weight is 152 g/mol. The third-order valence-corrected chi connectivity index (χ3v) is 2.43. The van der Waals surface area contributed by atoms with E-state index in [1.54, 1.807) is 11.3 Å². The van der Waals surface area contributed by atoms with E-state index in [-0.39, 0.29) is 0 Å². The van der Waals surface area contributed by atoms with Gasteiger partial charge < -0.3 is 4.98 Å². The van der Waals surface area contributed by atoms with Crippen molar-refractivity contribution in [3.05, 3.63) is 16.8 Å². The Labute approximate surface area is 62.9 Å². The quantitative estimate of drug-likeness (QED) is 0.616. The van der Waals surface area contributed by atoms with Crippen LogP contribution in [0.1, 0.15) is 10.6 Å². The number of rotatable bonds is 0. The smallest absolute Gasteiger partial charge is 0.120 e. The van der Waals surface area contributed by atoms with E-state index in [2.05, 4.69) is 16.9 Å². The second-order valence-electron chi connectivity index (χ2n) is 2.38. The molecule has 10 heavy (non-hydrogen) atoms. The molecule has 0 saturated carbocycles. The number of nitrogens with zero attached hydrogens (tertiary/aromatic N) is 1. The van der Waals surface area contributed by atoms with Crippen LogP contribution in [0.15, 0.2) is 6.20 Å². The van der Waals surface area contributed by atoms with Crippen molar-refractivity contribution >= 4 is 21.7 Å². The van der Waals surface area contributed by atoms with Crippen LogP contribution in [0.5, 0.6) is 0 Å². The molecule has 1 N–H and O–H groups in total. The largest absolute Gasteiger partial charge is 0.351 e. The summed E-state index contributed by atoms with van der Waals surface area (Å²) in [7, 11) is 0. The van der Waals surface area contributed by atoms with Crippen LogP contribution in [0.4, 0.5) is 0 Å². The number of aryl methyl sites for hydroxylation is 2. The van der Waals surface area contributed by atoms with E-state index in [0.29, 0.717) is 0 Å². The van der Waals surface area contributed by atoms with Crippen LogP contribution in [0, 0.1) is 13.8 Å². The molecule has 2 nitrogen and oxygen atoms in total. The number of hydrogen-bond acceptors (Lipinski definition) is 2. The predicted octanol–water partition coefficient (Wildman–Crippen LogP) is 2.24. The van der Waals surface area contributed by atoms with Crippen molar-refractivity contribution in [1.82, 2.24) is 9.97 Å². The molecule has 2 heterocycles. The summed E-state index contributed by atoms with van der Waals surface area (Å²) in [5.41, 5.74) is 2.36. The molecule has 0 atom stereocenters. The minimum atomic E-state index is 1.13. The highest BCUT2D eigenvalue weighted by Crippen LogP contribution is 2.22. The Kier molecular flexibility index (Phi) is 1.08. The molecule has 0 aliphatic heterocycles. The molecule has 0 fully saturated rings. The van der Waals surface area contributed by atoms with E-state index in [0.717, 1.165) is 10.5 Å². The maximum absolute atomic E-state index is 4.36. The van der Waals surface area contributed by atoms with Gasteiger partial charge in [0.15, 0.2) is 0 Å². The maximum atomic E-state index is 4.36. The molecule has 0 saturated heterocycles. The summed E-state index contributed by atoms with van der Waals surface area (Å²) in [6.45, 7) is 4.09. The average Bonchev–Trinajstić information content (AvgIpc) is 2.35. The van der Waals surface area contributed by atoms with Gasteiger partial charge in [0, 0.05) is 6.20 Å². The van der Waals surface area contributed by atoms with Gasteiger partial charge in [0.1, 0.15) is 10.3 Å². The van der Waals surface area contributed by atoms with Crippen molar-refractivity contribution in [2.45, 2.75) is 13.8 Å². The van der Waals surface area contributed by atoms with E-state index in [9.17, 15) is 0 Å². The van der Waals surface area contributed by atoms with Gasteiger partial charge in [-0.25, -0.2) is 4.98 Å². The summed E-state index contributed by atoms with van der Waals surface area (Å²) < 4.78 is 0. The van der Waals surface area contributed by atoms with Crippen molar-refractivity contribution in [2.24, 2.45) is 0 Å². The number of fused-ring (bicyclic) bond motifs is 1. The van der Waals surface area contributed by atoms with Gasteiger partial charge >= 0.3 is 0 Å². The van der Waals surface area contributed by atoms with E-state index in [1.807, 2.05) is 13.1 Å². The summed E-state index contributed by atoms with van der Waals surface area (Å²) >= 11 is 1.71. The minimum absolute atomic E-state index is 1.13. The molecule has 0 aromatic carbocycles. The normalized spacial score (nSPS) is 11.0. The monoisotopic (exact) mass is 152 g/mol. The number of thiazole rings is 1. The molecule has 2 rings (SSSR count). The van der Waals surface area contributed by atoms with Gasteiger partial charge in [-0.2, -0.15) is 0 Å². The van der Waals surface area contributed by atoms with Crippen molar-refractivity contribution < 1.29 is 0 Å². The highest BCUT2D eigenvalue weighted by molar-refractivity contribution is 7.18. The van der Waals surface area contributed by atoms with Gasteiger partial charge in [-0.15, -0.1) is 11.3 Å². The molecule has 2 aromatic rings. The number of H-pyrrole nitrogens is 1. The van der Waals surface area contributed by atoms with E-state index < -0.39 is 0 Å². The zero-order valence-electron chi connectivity index (χ0n) is 5.93. The Bertz CT molecular complexity index is 358. The first-order chi connectivity index (χ1) is 4.77. The van der Waals surface area contributed by atoms with Gasteiger partial charge in [0.2, 0.25) is 0 Å². The molecule has 0 spiro atoms. The lowest BCUT2D eigenvalue weighted by molar-refractivity contribution is 1.33. The van der Waals surface area contributed by atoms with Gasteiger partial charge in [-0.3, -0.25) is 0 Å². The maximum Gasteiger partial charge on any atom is 0.120 e. The van der Waals surface area contributed by atoms with Crippen LogP contribution in [0.2, 0.25) is 0 Å². The summed E-state index contributed by atoms with van der Waals surface area (Å²) in [6.07, 6.45) is 1.99. The second kappa shape index (κ2) is 1.83. The zero-order chi connectivity index (χ0) is 7.14. The van der Waals surface area contributed by atoms with Crippen LogP contribution < -0.4 is 0 Å². The summed E-state index contributed by atoms with van der Waals surface area (Å²) in [4.78, 5) is 8.71. The molecule has 0 bridgehead atoms. The minimum Gasteiger partial charge on any atom is -0.351 e. The fourth-order valence-electron chi connectivity index (χ4n) is 1.03. The third kappa shape index (κ3) is 0.671. The van der Waals surface area contributed by atoms with Crippen molar-refractivity contribution in [3.8, 4) is 0 Å². The fraction of sp³-hybridized carbons (Fsp3) is 0.286. The molecule has 0 aliphatic rings. The molecule has 0 unspecified atom stereocenters. The molecular weight excluding hydrogens is 144 g/mol. The highest BCUT2D eigenvalue weighted by Gasteiger charge is 2.02. The third-order valence-electron chi connectivity index (χ3n) is 1.53. The molecule has 52 valence electrons. The van der Waals surface area contributed by atoms with Crippen molar-refractivity contribution in [3.63, 3.8) is 0 Å². The number of aromatic nitrogens is 2. The second-order valence-corrected chi connectivity index (χ2v) is 3.59.